The molecule has 0 bridgehead atoms. The number of esters is 1. The van der Waals surface area contributed by atoms with Crippen molar-refractivity contribution >= 4 is 28.9 Å². The number of carbonyl (C=O) groups is 2. The zero-order chi connectivity index (χ0) is 20.9. The maximum Gasteiger partial charge on any atom is 0.320 e. The molecule has 1 aliphatic carbocycles. The Kier molecular flexibility index (Phi) is 6.51. The van der Waals surface area contributed by atoms with Crippen molar-refractivity contribution in [3.8, 4) is 6.07 Å². The lowest BCUT2D eigenvalue weighted by molar-refractivity contribution is -0.161. The number of rotatable bonds is 6. The number of benzene rings is 2. The minimum atomic E-state index is -1.42. The van der Waals surface area contributed by atoms with E-state index in [1.165, 1.54) is 0 Å². The summed E-state index contributed by atoms with van der Waals surface area (Å²) in [5.74, 6) is -1.32. The van der Waals surface area contributed by atoms with Crippen molar-refractivity contribution in [2.45, 2.75) is 32.1 Å². The van der Waals surface area contributed by atoms with Crippen molar-refractivity contribution in [1.29, 1.82) is 5.26 Å². The topological polar surface area (TPSA) is 67.2 Å². The van der Waals surface area contributed by atoms with Gasteiger partial charge in [-0.15, -0.1) is 0 Å². The highest BCUT2D eigenvalue weighted by molar-refractivity contribution is 6.30. The molecule has 2 aromatic rings. The van der Waals surface area contributed by atoms with Gasteiger partial charge in [-0.3, -0.25) is 9.59 Å². The SMILES string of the molecule is CCOC(=O)C1(CCC#N)C(=O)C=C(c2ccccc2)CC1c1ccc(Cl)cc1. The van der Waals surface area contributed by atoms with Gasteiger partial charge in [-0.25, -0.2) is 0 Å². The number of nitriles is 1. The highest BCUT2D eigenvalue weighted by Crippen LogP contribution is 2.50. The van der Waals surface area contributed by atoms with Gasteiger partial charge in [0.15, 0.2) is 5.78 Å². The molecule has 4 nitrogen and oxygen atoms in total. The summed E-state index contributed by atoms with van der Waals surface area (Å²) in [5, 5.41) is 9.76. The van der Waals surface area contributed by atoms with Crippen molar-refractivity contribution in [1.82, 2.24) is 0 Å². The molecule has 0 aromatic heterocycles. The van der Waals surface area contributed by atoms with Crippen LogP contribution >= 0.6 is 11.6 Å². The number of hydrogen-bond donors (Lipinski definition) is 0. The smallest absolute Gasteiger partial charge is 0.320 e. The van der Waals surface area contributed by atoms with Gasteiger partial charge in [-0.2, -0.15) is 5.26 Å². The van der Waals surface area contributed by atoms with Gasteiger partial charge in [0, 0.05) is 17.4 Å². The fraction of sp³-hybridized carbons (Fsp3) is 0.292. The Morgan fingerprint density at radius 1 is 1.21 bits per heavy atom. The Labute approximate surface area is 175 Å². The monoisotopic (exact) mass is 407 g/mol. The number of ketones is 1. The summed E-state index contributed by atoms with van der Waals surface area (Å²) in [6.07, 6.45) is 2.24. The highest BCUT2D eigenvalue weighted by Gasteiger charge is 2.54. The van der Waals surface area contributed by atoms with E-state index < -0.39 is 17.3 Å². The lowest BCUT2D eigenvalue weighted by atomic mass is 9.61. The first-order chi connectivity index (χ1) is 14.0. The quantitative estimate of drug-likeness (QED) is 0.479. The molecule has 0 radical (unpaired) electrons. The minimum absolute atomic E-state index is 0.0865. The van der Waals surface area contributed by atoms with Gasteiger partial charge in [0.05, 0.1) is 12.7 Å². The summed E-state index contributed by atoms with van der Waals surface area (Å²) in [5.41, 5.74) is 1.22. The Balaban J connectivity index is 2.17. The molecule has 1 aliphatic rings. The molecule has 0 saturated carbocycles. The maximum atomic E-state index is 13.5. The minimum Gasteiger partial charge on any atom is -0.465 e. The Bertz CT molecular complexity index is 960. The number of allylic oxidation sites excluding steroid dienone is 2. The van der Waals surface area contributed by atoms with E-state index in [9.17, 15) is 14.9 Å². The van der Waals surface area contributed by atoms with Gasteiger partial charge in [0.25, 0.3) is 0 Å². The van der Waals surface area contributed by atoms with Crippen LogP contribution in [-0.2, 0) is 14.3 Å². The maximum absolute atomic E-state index is 13.5. The van der Waals surface area contributed by atoms with Crippen LogP contribution in [0.5, 0.6) is 0 Å². The molecule has 5 heteroatoms. The van der Waals surface area contributed by atoms with Gasteiger partial charge in [-0.05, 0) is 54.7 Å². The number of halogens is 1. The molecule has 2 aromatic carbocycles. The van der Waals surface area contributed by atoms with Gasteiger partial charge < -0.3 is 4.74 Å². The van der Waals surface area contributed by atoms with Crippen LogP contribution in [0.25, 0.3) is 5.57 Å². The summed E-state index contributed by atoms with van der Waals surface area (Å²) in [6.45, 7) is 1.88. The molecular weight excluding hydrogens is 386 g/mol. The first kappa shape index (κ1) is 20.8. The lowest BCUT2D eigenvalue weighted by Gasteiger charge is -2.40. The van der Waals surface area contributed by atoms with E-state index in [1.54, 1.807) is 25.1 Å². The van der Waals surface area contributed by atoms with Crippen LogP contribution in [0.1, 0.15) is 43.2 Å². The van der Waals surface area contributed by atoms with Gasteiger partial charge in [0.2, 0.25) is 0 Å². The molecule has 0 amide bonds. The average Bonchev–Trinajstić information content (AvgIpc) is 2.74. The van der Waals surface area contributed by atoms with Crippen molar-refractivity contribution in [2.24, 2.45) is 5.41 Å². The fourth-order valence-corrected chi connectivity index (χ4v) is 4.14. The Morgan fingerprint density at radius 3 is 2.52 bits per heavy atom. The van der Waals surface area contributed by atoms with Gasteiger partial charge in [0.1, 0.15) is 5.41 Å². The zero-order valence-corrected chi connectivity index (χ0v) is 17.0. The zero-order valence-electron chi connectivity index (χ0n) is 16.2. The number of carbonyl (C=O) groups excluding carboxylic acids is 2. The molecule has 0 spiro atoms. The summed E-state index contributed by atoms with van der Waals surface area (Å²) in [4.78, 5) is 26.6. The molecule has 0 N–H and O–H groups in total. The van der Waals surface area contributed by atoms with Crippen LogP contribution in [0.15, 0.2) is 60.7 Å². The first-order valence-electron chi connectivity index (χ1n) is 9.63. The van der Waals surface area contributed by atoms with E-state index >= 15 is 0 Å². The Morgan fingerprint density at radius 2 is 1.90 bits per heavy atom. The van der Waals surface area contributed by atoms with Crippen LogP contribution in [0.2, 0.25) is 5.02 Å². The van der Waals surface area contributed by atoms with E-state index in [4.69, 9.17) is 16.3 Å². The van der Waals surface area contributed by atoms with Crippen LogP contribution < -0.4 is 0 Å². The van der Waals surface area contributed by atoms with E-state index in [1.807, 2.05) is 42.5 Å². The van der Waals surface area contributed by atoms with E-state index in [-0.39, 0.29) is 25.2 Å². The van der Waals surface area contributed by atoms with Crippen molar-refractivity contribution in [3.63, 3.8) is 0 Å². The molecule has 29 heavy (non-hydrogen) atoms. The first-order valence-corrected chi connectivity index (χ1v) is 10.0. The van der Waals surface area contributed by atoms with Crippen LogP contribution in [0.3, 0.4) is 0 Å². The predicted octanol–water partition coefficient (Wildman–Crippen LogP) is 5.33. The third-order valence-corrected chi connectivity index (χ3v) is 5.70. The fourth-order valence-electron chi connectivity index (χ4n) is 4.02. The lowest BCUT2D eigenvalue weighted by Crippen LogP contribution is -2.47. The molecule has 3 rings (SSSR count). The van der Waals surface area contributed by atoms with Crippen LogP contribution in [0, 0.1) is 16.7 Å². The molecule has 0 fully saturated rings. The van der Waals surface area contributed by atoms with E-state index in [0.717, 1.165) is 16.7 Å². The van der Waals surface area contributed by atoms with Crippen LogP contribution in [-0.4, -0.2) is 18.4 Å². The molecule has 2 unspecified atom stereocenters. The van der Waals surface area contributed by atoms with Crippen LogP contribution in [0.4, 0.5) is 0 Å². The normalized spacial score (nSPS) is 21.2. The highest BCUT2D eigenvalue weighted by atomic mass is 35.5. The summed E-state index contributed by atoms with van der Waals surface area (Å²) < 4.78 is 5.34. The molecule has 0 saturated heterocycles. The predicted molar refractivity (Wildman–Crippen MR) is 112 cm³/mol. The summed E-state index contributed by atoms with van der Waals surface area (Å²) in [7, 11) is 0. The summed E-state index contributed by atoms with van der Waals surface area (Å²) in [6, 6.07) is 18.9. The third-order valence-electron chi connectivity index (χ3n) is 5.45. The van der Waals surface area contributed by atoms with Gasteiger partial charge >= 0.3 is 5.97 Å². The molecule has 0 aliphatic heterocycles. The second-order valence-corrected chi connectivity index (χ2v) is 7.49. The van der Waals surface area contributed by atoms with Crippen molar-refractivity contribution in [2.75, 3.05) is 6.61 Å². The third kappa shape index (κ3) is 4.11. The number of hydrogen-bond acceptors (Lipinski definition) is 4. The van der Waals surface area contributed by atoms with E-state index in [2.05, 4.69) is 6.07 Å². The Hall–Kier alpha value is -2.90. The number of ether oxygens (including phenoxy) is 1. The molecule has 2 atom stereocenters. The largest absolute Gasteiger partial charge is 0.465 e. The molecular formula is C24H22ClNO3. The second-order valence-electron chi connectivity index (χ2n) is 7.06. The molecule has 148 valence electrons. The standard InChI is InChI=1S/C24H22ClNO3/c1-2-29-23(28)24(13-6-14-26)21(18-9-11-20(25)12-10-18)15-19(16-22(24)27)17-7-4-3-5-8-17/h3-5,7-12,16,21H,2,6,13,15H2,1H3. The van der Waals surface area contributed by atoms with E-state index in [0.29, 0.717) is 11.4 Å². The van der Waals surface area contributed by atoms with Crippen molar-refractivity contribution < 1.29 is 14.3 Å². The van der Waals surface area contributed by atoms with Crippen molar-refractivity contribution in [3.05, 3.63) is 76.8 Å². The number of nitrogens with zero attached hydrogens (tertiary/aromatic N) is 1. The van der Waals surface area contributed by atoms with Gasteiger partial charge in [-0.1, -0.05) is 54.1 Å². The summed E-state index contributed by atoms with van der Waals surface area (Å²) >= 11 is 6.06. The average molecular weight is 408 g/mol. The second kappa shape index (κ2) is 9.07. The molecule has 0 heterocycles.